The topological polar surface area (TPSA) is 67.8 Å². The molecule has 3 rings (SSSR count). The van der Waals surface area contributed by atoms with Gasteiger partial charge in [-0.05, 0) is 72.0 Å². The van der Waals surface area contributed by atoms with Gasteiger partial charge in [0.05, 0.1) is 17.3 Å². The summed E-state index contributed by atoms with van der Waals surface area (Å²) in [5.74, 6) is -0.444. The van der Waals surface area contributed by atoms with Crippen molar-refractivity contribution >= 4 is 56.6 Å². The minimum atomic E-state index is -0.464. The predicted molar refractivity (Wildman–Crippen MR) is 124 cm³/mol. The van der Waals surface area contributed by atoms with Crippen molar-refractivity contribution in [1.82, 2.24) is 5.43 Å². The lowest BCUT2D eigenvalue weighted by molar-refractivity contribution is 0.0734. The van der Waals surface area contributed by atoms with Gasteiger partial charge in [0, 0.05) is 13.6 Å². The van der Waals surface area contributed by atoms with Gasteiger partial charge in [-0.15, -0.1) is 0 Å². The van der Waals surface area contributed by atoms with Gasteiger partial charge in [-0.2, -0.15) is 5.10 Å². The Labute approximate surface area is 190 Å². The van der Waals surface area contributed by atoms with E-state index >= 15 is 0 Å². The van der Waals surface area contributed by atoms with Gasteiger partial charge in [-0.3, -0.25) is 4.79 Å². The number of ether oxygens (including phenoxy) is 1. The summed E-state index contributed by atoms with van der Waals surface area (Å²) in [6.45, 7) is 1.91. The Morgan fingerprint density at radius 2 is 1.86 bits per heavy atom. The van der Waals surface area contributed by atoms with Crippen molar-refractivity contribution in [2.45, 2.75) is 6.92 Å². The molecule has 7 heteroatoms. The lowest BCUT2D eigenvalue weighted by Crippen LogP contribution is -2.18. The average Bonchev–Trinajstić information content (AvgIpc) is 2.70. The third kappa shape index (κ3) is 5.74. The summed E-state index contributed by atoms with van der Waals surface area (Å²) >= 11 is 5.49. The van der Waals surface area contributed by atoms with E-state index in [1.807, 2.05) is 25.1 Å². The normalized spacial score (nSPS) is 10.7. The number of benzene rings is 3. The number of hydrogen-bond acceptors (Lipinski definition) is 4. The highest BCUT2D eigenvalue weighted by Gasteiger charge is 2.12. The smallest absolute Gasteiger partial charge is 0.343 e. The Hall–Kier alpha value is -2.52. The number of nitrogens with one attached hydrogen (secondary N) is 1. The summed E-state index contributed by atoms with van der Waals surface area (Å²) < 4.78 is 7.15. The van der Waals surface area contributed by atoms with Crippen molar-refractivity contribution < 1.29 is 14.3 Å². The van der Waals surface area contributed by atoms with E-state index in [4.69, 9.17) is 4.74 Å². The second-order valence-electron chi connectivity index (χ2n) is 6.12. The van der Waals surface area contributed by atoms with Crippen molar-refractivity contribution in [3.8, 4) is 5.75 Å². The molecule has 0 spiro atoms. The maximum Gasteiger partial charge on any atom is 0.343 e. The molecule has 0 heterocycles. The number of esters is 1. The number of carbonyl (C=O) groups excluding carboxylic acids is 2. The number of rotatable bonds is 5. The standard InChI is InChI=1S/C22H16BrIN2O3/c1-14-5-4-6-15(11-14)22(28)29-20-10-9-17(23)12-16(20)13-25-26-21(27)18-7-2-3-8-19(18)24/h2-13H,1H3,(H,26,27)/b25-13+. The number of hydrogen-bond donors (Lipinski definition) is 1. The first-order valence-corrected chi connectivity index (χ1v) is 10.5. The molecular formula is C22H16BrIN2O3. The van der Waals surface area contributed by atoms with E-state index in [2.05, 4.69) is 49.0 Å². The van der Waals surface area contributed by atoms with Gasteiger partial charge in [0.1, 0.15) is 5.75 Å². The Morgan fingerprint density at radius 3 is 2.62 bits per heavy atom. The second kappa shape index (κ2) is 9.80. The third-order valence-electron chi connectivity index (χ3n) is 3.92. The van der Waals surface area contributed by atoms with Crippen LogP contribution in [0.15, 0.2) is 76.3 Å². The molecule has 0 bridgehead atoms. The average molecular weight is 563 g/mol. The van der Waals surface area contributed by atoms with E-state index < -0.39 is 5.97 Å². The molecule has 29 heavy (non-hydrogen) atoms. The van der Waals surface area contributed by atoms with Crippen LogP contribution in [0.3, 0.4) is 0 Å². The van der Waals surface area contributed by atoms with E-state index in [0.717, 1.165) is 13.6 Å². The van der Waals surface area contributed by atoms with Gasteiger partial charge in [0.2, 0.25) is 0 Å². The molecule has 3 aromatic rings. The molecule has 3 aromatic carbocycles. The maximum absolute atomic E-state index is 12.5. The third-order valence-corrected chi connectivity index (χ3v) is 5.35. The molecule has 0 saturated carbocycles. The first-order valence-electron chi connectivity index (χ1n) is 8.60. The number of amides is 1. The molecule has 1 amide bonds. The van der Waals surface area contributed by atoms with E-state index in [9.17, 15) is 9.59 Å². The molecule has 0 aliphatic carbocycles. The van der Waals surface area contributed by atoms with Crippen molar-refractivity contribution in [3.63, 3.8) is 0 Å². The lowest BCUT2D eigenvalue weighted by Gasteiger charge is -2.08. The quantitative estimate of drug-likeness (QED) is 0.150. The highest BCUT2D eigenvalue weighted by molar-refractivity contribution is 14.1. The summed E-state index contributed by atoms with van der Waals surface area (Å²) in [5, 5.41) is 4.01. The van der Waals surface area contributed by atoms with Gasteiger partial charge in [0.15, 0.2) is 0 Å². The first kappa shape index (κ1) is 21.2. The van der Waals surface area contributed by atoms with Gasteiger partial charge in [-0.1, -0.05) is 45.8 Å². The molecule has 0 atom stereocenters. The van der Waals surface area contributed by atoms with Crippen LogP contribution in [0.2, 0.25) is 0 Å². The summed E-state index contributed by atoms with van der Waals surface area (Å²) in [6.07, 6.45) is 1.44. The van der Waals surface area contributed by atoms with Crippen LogP contribution in [0.1, 0.15) is 31.8 Å². The molecule has 0 aliphatic rings. The molecule has 0 aromatic heterocycles. The fraction of sp³-hybridized carbons (Fsp3) is 0.0455. The van der Waals surface area contributed by atoms with Gasteiger partial charge >= 0.3 is 5.97 Å². The van der Waals surface area contributed by atoms with E-state index in [-0.39, 0.29) is 5.91 Å². The lowest BCUT2D eigenvalue weighted by atomic mass is 10.1. The monoisotopic (exact) mass is 562 g/mol. The zero-order valence-corrected chi connectivity index (χ0v) is 19.1. The molecule has 0 radical (unpaired) electrons. The highest BCUT2D eigenvalue weighted by Crippen LogP contribution is 2.23. The number of aryl methyl sites for hydroxylation is 1. The molecular weight excluding hydrogens is 547 g/mol. The minimum Gasteiger partial charge on any atom is -0.422 e. The Kier molecular flexibility index (Phi) is 7.16. The fourth-order valence-electron chi connectivity index (χ4n) is 2.51. The molecule has 5 nitrogen and oxygen atoms in total. The number of halogens is 2. The van der Waals surface area contributed by atoms with E-state index in [1.165, 1.54) is 6.21 Å². The van der Waals surface area contributed by atoms with E-state index in [0.29, 0.717) is 22.4 Å². The largest absolute Gasteiger partial charge is 0.422 e. The molecule has 0 fully saturated rings. The van der Waals surface area contributed by atoms with Crippen LogP contribution in [0.5, 0.6) is 5.75 Å². The summed E-state index contributed by atoms with van der Waals surface area (Å²) in [7, 11) is 0. The second-order valence-corrected chi connectivity index (χ2v) is 8.20. The minimum absolute atomic E-state index is 0.320. The molecule has 1 N–H and O–H groups in total. The Balaban J connectivity index is 1.76. The SMILES string of the molecule is Cc1cccc(C(=O)Oc2ccc(Br)cc2/C=N/NC(=O)c2ccccc2I)c1. The van der Waals surface area contributed by atoms with Crippen molar-refractivity contribution in [2.75, 3.05) is 0 Å². The van der Waals surface area contributed by atoms with E-state index in [1.54, 1.807) is 48.5 Å². The van der Waals surface area contributed by atoms with Gasteiger partial charge in [-0.25, -0.2) is 10.2 Å². The molecule has 0 unspecified atom stereocenters. The number of carbonyl (C=O) groups is 2. The number of hydrazone groups is 1. The van der Waals surface area contributed by atoms with Crippen LogP contribution in [0.4, 0.5) is 0 Å². The molecule has 0 saturated heterocycles. The van der Waals surface area contributed by atoms with Crippen LogP contribution in [-0.4, -0.2) is 18.1 Å². The van der Waals surface area contributed by atoms with Crippen LogP contribution in [-0.2, 0) is 0 Å². The van der Waals surface area contributed by atoms with Gasteiger partial charge < -0.3 is 4.74 Å². The van der Waals surface area contributed by atoms with Crippen LogP contribution in [0.25, 0.3) is 0 Å². The molecule has 146 valence electrons. The fourth-order valence-corrected chi connectivity index (χ4v) is 3.52. The zero-order valence-electron chi connectivity index (χ0n) is 15.4. The number of nitrogens with zero attached hydrogens (tertiary/aromatic N) is 1. The molecule has 0 aliphatic heterocycles. The summed E-state index contributed by atoms with van der Waals surface area (Å²) in [4.78, 5) is 24.7. The predicted octanol–water partition coefficient (Wildman–Crippen LogP) is 5.35. The van der Waals surface area contributed by atoms with Crippen molar-refractivity contribution in [2.24, 2.45) is 5.10 Å². The van der Waals surface area contributed by atoms with Crippen molar-refractivity contribution in [1.29, 1.82) is 0 Å². The zero-order chi connectivity index (χ0) is 20.8. The van der Waals surface area contributed by atoms with Crippen LogP contribution in [0, 0.1) is 10.5 Å². The van der Waals surface area contributed by atoms with Crippen molar-refractivity contribution in [3.05, 3.63) is 97.0 Å². The summed E-state index contributed by atoms with van der Waals surface area (Å²) in [5.41, 5.74) is 5.00. The Bertz CT molecular complexity index is 1100. The maximum atomic E-state index is 12.5. The highest BCUT2D eigenvalue weighted by atomic mass is 127. The van der Waals surface area contributed by atoms with Gasteiger partial charge in [0.25, 0.3) is 5.91 Å². The summed E-state index contributed by atoms with van der Waals surface area (Å²) in [6, 6.07) is 19.6. The Morgan fingerprint density at radius 1 is 1.07 bits per heavy atom. The van der Waals surface area contributed by atoms with Crippen LogP contribution < -0.4 is 10.2 Å². The first-order chi connectivity index (χ1) is 13.9. The van der Waals surface area contributed by atoms with Crippen LogP contribution >= 0.6 is 38.5 Å².